The predicted molar refractivity (Wildman–Crippen MR) is 95.0 cm³/mol. The summed E-state index contributed by atoms with van der Waals surface area (Å²) in [6.45, 7) is 0.245. The summed E-state index contributed by atoms with van der Waals surface area (Å²) in [6, 6.07) is 15.2. The second-order valence-corrected chi connectivity index (χ2v) is 5.76. The van der Waals surface area contributed by atoms with Crippen molar-refractivity contribution in [3.8, 4) is 17.1 Å². The standard InChI is InChI=1S/C19H16N4O2/c1-23-12-20-22-18(23)15-7-3-4-8-16(15)21-19(24)14-10-13-6-2-5-9-17(13)25-11-14/h2-10,12H,11H2,1H3,(H,21,24). The zero-order chi connectivity index (χ0) is 17.2. The molecule has 25 heavy (non-hydrogen) atoms. The predicted octanol–water partition coefficient (Wildman–Crippen LogP) is 2.90. The molecule has 0 saturated heterocycles. The number of benzene rings is 2. The van der Waals surface area contributed by atoms with Crippen molar-refractivity contribution in [3.05, 3.63) is 66.0 Å². The molecule has 1 aliphatic rings. The van der Waals surface area contributed by atoms with Crippen LogP contribution in [0.15, 0.2) is 60.4 Å². The van der Waals surface area contributed by atoms with Gasteiger partial charge < -0.3 is 14.6 Å². The van der Waals surface area contributed by atoms with Crippen LogP contribution in [-0.2, 0) is 11.8 Å². The van der Waals surface area contributed by atoms with Gasteiger partial charge in [0.15, 0.2) is 5.82 Å². The minimum absolute atomic E-state index is 0.191. The molecule has 1 amide bonds. The summed E-state index contributed by atoms with van der Waals surface area (Å²) in [5.74, 6) is 1.29. The highest BCUT2D eigenvalue weighted by molar-refractivity contribution is 6.08. The average molecular weight is 332 g/mol. The van der Waals surface area contributed by atoms with Gasteiger partial charge in [-0.25, -0.2) is 0 Å². The molecule has 1 N–H and O–H groups in total. The van der Waals surface area contributed by atoms with Crippen LogP contribution in [0, 0.1) is 0 Å². The van der Waals surface area contributed by atoms with Crippen LogP contribution in [0.4, 0.5) is 5.69 Å². The van der Waals surface area contributed by atoms with E-state index in [1.54, 1.807) is 6.33 Å². The summed E-state index contributed by atoms with van der Waals surface area (Å²) in [4.78, 5) is 12.7. The number of nitrogens with zero attached hydrogens (tertiary/aromatic N) is 3. The molecule has 0 unspecified atom stereocenters. The molecule has 1 aromatic heterocycles. The van der Waals surface area contributed by atoms with Crippen LogP contribution in [-0.4, -0.2) is 27.3 Å². The molecule has 6 nitrogen and oxygen atoms in total. The first-order valence-electron chi connectivity index (χ1n) is 7.89. The third-order valence-corrected chi connectivity index (χ3v) is 4.05. The van der Waals surface area contributed by atoms with E-state index in [-0.39, 0.29) is 12.5 Å². The van der Waals surface area contributed by atoms with E-state index in [2.05, 4.69) is 15.5 Å². The van der Waals surface area contributed by atoms with Gasteiger partial charge in [-0.2, -0.15) is 0 Å². The molecule has 0 radical (unpaired) electrons. The highest BCUT2D eigenvalue weighted by Crippen LogP contribution is 2.28. The minimum atomic E-state index is -0.191. The largest absolute Gasteiger partial charge is 0.488 e. The summed E-state index contributed by atoms with van der Waals surface area (Å²) in [5, 5.41) is 11.0. The zero-order valence-electron chi connectivity index (χ0n) is 13.6. The number of carbonyl (C=O) groups is 1. The highest BCUT2D eigenvalue weighted by atomic mass is 16.5. The molecule has 0 saturated carbocycles. The number of aromatic nitrogens is 3. The van der Waals surface area contributed by atoms with Crippen molar-refractivity contribution >= 4 is 17.7 Å². The van der Waals surface area contributed by atoms with E-state index < -0.39 is 0 Å². The van der Waals surface area contributed by atoms with E-state index in [1.807, 2.05) is 66.2 Å². The molecule has 0 spiro atoms. The quantitative estimate of drug-likeness (QED) is 0.801. The van der Waals surface area contributed by atoms with Gasteiger partial charge >= 0.3 is 0 Å². The van der Waals surface area contributed by atoms with Gasteiger partial charge in [0.05, 0.1) is 11.3 Å². The molecule has 0 aliphatic carbocycles. The van der Waals surface area contributed by atoms with Crippen molar-refractivity contribution in [2.45, 2.75) is 0 Å². The molecule has 2 heterocycles. The van der Waals surface area contributed by atoms with E-state index in [1.165, 1.54) is 0 Å². The highest BCUT2D eigenvalue weighted by Gasteiger charge is 2.19. The Bertz CT molecular complexity index is 975. The molecule has 3 aromatic rings. The molecule has 2 aromatic carbocycles. The lowest BCUT2D eigenvalue weighted by Gasteiger charge is -2.18. The molecule has 124 valence electrons. The van der Waals surface area contributed by atoms with Crippen molar-refractivity contribution in [2.24, 2.45) is 7.05 Å². The van der Waals surface area contributed by atoms with Crippen LogP contribution in [0.1, 0.15) is 5.56 Å². The smallest absolute Gasteiger partial charge is 0.255 e. The van der Waals surface area contributed by atoms with E-state index in [0.717, 1.165) is 16.9 Å². The number of carbonyl (C=O) groups excluding carboxylic acids is 1. The van der Waals surface area contributed by atoms with Gasteiger partial charge in [-0.3, -0.25) is 4.79 Å². The maximum absolute atomic E-state index is 12.7. The minimum Gasteiger partial charge on any atom is -0.488 e. The third kappa shape index (κ3) is 2.89. The molecule has 6 heteroatoms. The van der Waals surface area contributed by atoms with Crippen molar-refractivity contribution in [1.29, 1.82) is 0 Å². The maximum Gasteiger partial charge on any atom is 0.255 e. The van der Waals surface area contributed by atoms with Gasteiger partial charge in [-0.1, -0.05) is 30.3 Å². The Morgan fingerprint density at radius 3 is 2.80 bits per heavy atom. The number of aryl methyl sites for hydroxylation is 1. The first kappa shape index (κ1) is 15.1. The third-order valence-electron chi connectivity index (χ3n) is 4.05. The van der Waals surface area contributed by atoms with Gasteiger partial charge in [0.1, 0.15) is 18.7 Å². The second-order valence-electron chi connectivity index (χ2n) is 5.76. The Kier molecular flexibility index (Phi) is 3.78. The molecule has 0 atom stereocenters. The first-order chi connectivity index (χ1) is 12.2. The molecular formula is C19H16N4O2. The van der Waals surface area contributed by atoms with Crippen LogP contribution >= 0.6 is 0 Å². The van der Waals surface area contributed by atoms with Crippen LogP contribution in [0.2, 0.25) is 0 Å². The second kappa shape index (κ2) is 6.24. The number of hydrogen-bond donors (Lipinski definition) is 1. The average Bonchev–Trinajstić information content (AvgIpc) is 3.07. The zero-order valence-corrected chi connectivity index (χ0v) is 13.6. The van der Waals surface area contributed by atoms with E-state index in [0.29, 0.717) is 17.1 Å². The Hall–Kier alpha value is -3.41. The van der Waals surface area contributed by atoms with Crippen molar-refractivity contribution < 1.29 is 9.53 Å². The summed E-state index contributed by atoms with van der Waals surface area (Å²) in [6.07, 6.45) is 3.49. The lowest BCUT2D eigenvalue weighted by Crippen LogP contribution is -2.21. The number of amides is 1. The van der Waals surface area contributed by atoms with Crippen molar-refractivity contribution in [3.63, 3.8) is 0 Å². The monoisotopic (exact) mass is 332 g/mol. The number of anilines is 1. The fourth-order valence-corrected chi connectivity index (χ4v) is 2.76. The normalized spacial score (nSPS) is 12.8. The number of hydrogen-bond acceptors (Lipinski definition) is 4. The number of ether oxygens (including phenoxy) is 1. The topological polar surface area (TPSA) is 69.0 Å². The number of rotatable bonds is 3. The Morgan fingerprint density at radius 2 is 1.96 bits per heavy atom. The van der Waals surface area contributed by atoms with Gasteiger partial charge in [0.25, 0.3) is 5.91 Å². The Morgan fingerprint density at radius 1 is 1.16 bits per heavy atom. The number of fused-ring (bicyclic) bond motifs is 1. The Balaban J connectivity index is 1.63. The Labute approximate surface area is 144 Å². The van der Waals surface area contributed by atoms with E-state index in [9.17, 15) is 4.79 Å². The fourth-order valence-electron chi connectivity index (χ4n) is 2.76. The number of nitrogens with one attached hydrogen (secondary N) is 1. The van der Waals surface area contributed by atoms with Crippen LogP contribution in [0.3, 0.4) is 0 Å². The number of para-hydroxylation sites is 2. The van der Waals surface area contributed by atoms with Crippen LogP contribution in [0.5, 0.6) is 5.75 Å². The lowest BCUT2D eigenvalue weighted by molar-refractivity contribution is -0.113. The van der Waals surface area contributed by atoms with E-state index >= 15 is 0 Å². The van der Waals surface area contributed by atoms with Gasteiger partial charge in [0, 0.05) is 18.2 Å². The summed E-state index contributed by atoms with van der Waals surface area (Å²) >= 11 is 0. The molecule has 4 rings (SSSR count). The van der Waals surface area contributed by atoms with Gasteiger partial charge in [0.2, 0.25) is 0 Å². The molecular weight excluding hydrogens is 316 g/mol. The SMILES string of the molecule is Cn1cnnc1-c1ccccc1NC(=O)C1=Cc2ccccc2OC1. The first-order valence-corrected chi connectivity index (χ1v) is 7.89. The van der Waals surface area contributed by atoms with Gasteiger partial charge in [-0.05, 0) is 24.3 Å². The van der Waals surface area contributed by atoms with Crippen LogP contribution in [0.25, 0.3) is 17.5 Å². The summed E-state index contributed by atoms with van der Waals surface area (Å²) in [7, 11) is 1.86. The molecule has 0 fully saturated rings. The summed E-state index contributed by atoms with van der Waals surface area (Å²) < 4.78 is 7.47. The van der Waals surface area contributed by atoms with Gasteiger partial charge in [-0.15, -0.1) is 10.2 Å². The fraction of sp³-hybridized carbons (Fsp3) is 0.105. The van der Waals surface area contributed by atoms with Crippen molar-refractivity contribution in [2.75, 3.05) is 11.9 Å². The van der Waals surface area contributed by atoms with E-state index in [4.69, 9.17) is 4.74 Å². The molecule has 0 bridgehead atoms. The maximum atomic E-state index is 12.7. The molecule has 1 aliphatic heterocycles. The summed E-state index contributed by atoms with van der Waals surface area (Å²) in [5.41, 5.74) is 2.98. The lowest BCUT2D eigenvalue weighted by atomic mass is 10.1. The van der Waals surface area contributed by atoms with Crippen LogP contribution < -0.4 is 10.1 Å². The van der Waals surface area contributed by atoms with Crippen molar-refractivity contribution in [1.82, 2.24) is 14.8 Å².